The van der Waals surface area contributed by atoms with Gasteiger partial charge in [-0.2, -0.15) is 0 Å². The molecule has 0 aromatic rings. The predicted octanol–water partition coefficient (Wildman–Crippen LogP) is 12.7. The fourth-order valence-corrected chi connectivity index (χ4v) is 6.94. The van der Waals surface area contributed by atoms with E-state index < -0.39 is 0 Å². The van der Waals surface area contributed by atoms with Crippen LogP contribution in [0.4, 0.5) is 0 Å². The first-order valence-electron chi connectivity index (χ1n) is 22.2. The van der Waals surface area contributed by atoms with E-state index in [4.69, 9.17) is 9.47 Å². The molecule has 0 saturated carbocycles. The fraction of sp³-hybridized carbons (Fsp3) is 0.955. The second-order valence-electron chi connectivity index (χ2n) is 15.3. The van der Waals surface area contributed by atoms with Gasteiger partial charge in [-0.15, -0.1) is 0 Å². The SMILES string of the molecule is CCCCCCCCC(C)OC(=O)CCCCCN(CCO)CCCCCCCCC(=O)OC(CCCCCCCC)CCCCCCCC. The highest BCUT2D eigenvalue weighted by Gasteiger charge is 2.14. The summed E-state index contributed by atoms with van der Waals surface area (Å²) in [6, 6.07) is 0. The lowest BCUT2D eigenvalue weighted by molar-refractivity contribution is -0.150. The molecule has 1 atom stereocenters. The Morgan fingerprint density at radius 3 is 1.28 bits per heavy atom. The van der Waals surface area contributed by atoms with E-state index in [-0.39, 0.29) is 30.8 Å². The molecule has 0 saturated heterocycles. The van der Waals surface area contributed by atoms with Crippen molar-refractivity contribution in [2.75, 3.05) is 26.2 Å². The number of nitrogens with zero attached hydrogens (tertiary/aromatic N) is 1. The Kier molecular flexibility index (Phi) is 38.2. The summed E-state index contributed by atoms with van der Waals surface area (Å²) in [5.74, 6) is -0.0367. The van der Waals surface area contributed by atoms with Crippen molar-refractivity contribution in [3.8, 4) is 0 Å². The van der Waals surface area contributed by atoms with Crippen molar-refractivity contribution in [2.24, 2.45) is 0 Å². The van der Waals surface area contributed by atoms with Gasteiger partial charge in [-0.3, -0.25) is 9.59 Å². The Hall–Kier alpha value is -1.14. The van der Waals surface area contributed by atoms with Crippen LogP contribution in [0.3, 0.4) is 0 Å². The van der Waals surface area contributed by atoms with Crippen molar-refractivity contribution < 1.29 is 24.2 Å². The highest BCUT2D eigenvalue weighted by molar-refractivity contribution is 5.69. The van der Waals surface area contributed by atoms with Gasteiger partial charge in [0.25, 0.3) is 0 Å². The molecule has 0 fully saturated rings. The highest BCUT2D eigenvalue weighted by Crippen LogP contribution is 2.19. The number of carbonyl (C=O) groups is 2. The first-order chi connectivity index (χ1) is 24.5. The Balaban J connectivity index is 4.01. The van der Waals surface area contributed by atoms with Crippen LogP contribution in [0.25, 0.3) is 0 Å². The van der Waals surface area contributed by atoms with Gasteiger partial charge in [0.05, 0.1) is 12.7 Å². The van der Waals surface area contributed by atoms with E-state index in [0.29, 0.717) is 12.8 Å². The average molecular weight is 710 g/mol. The molecule has 0 aliphatic heterocycles. The molecule has 0 aromatic heterocycles. The number of aliphatic hydroxyl groups excluding tert-OH is 1. The molecule has 298 valence electrons. The highest BCUT2D eigenvalue weighted by atomic mass is 16.5. The number of ether oxygens (including phenoxy) is 2. The third-order valence-electron chi connectivity index (χ3n) is 10.2. The van der Waals surface area contributed by atoms with Crippen LogP contribution < -0.4 is 0 Å². The molecule has 0 aromatic carbocycles. The smallest absolute Gasteiger partial charge is 0.306 e. The van der Waals surface area contributed by atoms with E-state index >= 15 is 0 Å². The van der Waals surface area contributed by atoms with Crippen molar-refractivity contribution in [3.63, 3.8) is 0 Å². The largest absolute Gasteiger partial charge is 0.463 e. The maximum absolute atomic E-state index is 12.7. The van der Waals surface area contributed by atoms with Gasteiger partial charge in [0.2, 0.25) is 0 Å². The van der Waals surface area contributed by atoms with Crippen molar-refractivity contribution in [2.45, 2.75) is 245 Å². The number of unbranched alkanes of at least 4 members (excludes halogenated alkanes) is 22. The standard InChI is InChI=1S/C44H87NO5/c1-5-8-11-14-19-25-32-41(4)49-43(47)35-29-24-31-38-45(39-40-46)37-30-23-18-17-22-28-36-44(48)50-42(33-26-20-15-12-9-6-2)34-27-21-16-13-10-7-3/h41-42,46H,5-40H2,1-4H3. The third kappa shape index (κ3) is 35.3. The second-order valence-corrected chi connectivity index (χ2v) is 15.3. The number of hydrogen-bond acceptors (Lipinski definition) is 6. The first kappa shape index (κ1) is 48.9. The number of hydrogen-bond donors (Lipinski definition) is 1. The maximum atomic E-state index is 12.7. The van der Waals surface area contributed by atoms with Crippen LogP contribution in [0.15, 0.2) is 0 Å². The van der Waals surface area contributed by atoms with Crippen molar-refractivity contribution >= 4 is 11.9 Å². The Morgan fingerprint density at radius 1 is 0.460 bits per heavy atom. The molecular formula is C44H87NO5. The molecule has 0 spiro atoms. The predicted molar refractivity (Wildman–Crippen MR) is 214 cm³/mol. The topological polar surface area (TPSA) is 76.1 Å². The fourth-order valence-electron chi connectivity index (χ4n) is 6.94. The van der Waals surface area contributed by atoms with Gasteiger partial charge in [0.15, 0.2) is 0 Å². The van der Waals surface area contributed by atoms with Crippen LogP contribution in [0.2, 0.25) is 0 Å². The molecule has 0 rings (SSSR count). The van der Waals surface area contributed by atoms with Crippen LogP contribution in [0, 0.1) is 0 Å². The first-order valence-corrected chi connectivity index (χ1v) is 22.2. The molecule has 50 heavy (non-hydrogen) atoms. The lowest BCUT2D eigenvalue weighted by atomic mass is 10.0. The molecule has 1 N–H and O–H groups in total. The zero-order valence-electron chi connectivity index (χ0n) is 34.1. The third-order valence-corrected chi connectivity index (χ3v) is 10.2. The minimum absolute atomic E-state index is 0.0153. The van der Waals surface area contributed by atoms with Gasteiger partial charge in [0.1, 0.15) is 6.10 Å². The molecule has 0 radical (unpaired) electrons. The lowest BCUT2D eigenvalue weighted by Crippen LogP contribution is -2.29. The van der Waals surface area contributed by atoms with Gasteiger partial charge >= 0.3 is 11.9 Å². The van der Waals surface area contributed by atoms with E-state index in [1.165, 1.54) is 128 Å². The van der Waals surface area contributed by atoms with Gasteiger partial charge in [-0.1, -0.05) is 149 Å². The summed E-state index contributed by atoms with van der Waals surface area (Å²) < 4.78 is 11.6. The molecule has 0 aliphatic carbocycles. The molecule has 6 nitrogen and oxygen atoms in total. The van der Waals surface area contributed by atoms with Crippen molar-refractivity contribution in [1.29, 1.82) is 0 Å². The summed E-state index contributed by atoms with van der Waals surface area (Å²) in [6.45, 7) is 11.7. The Labute approximate surface area is 312 Å². The van der Waals surface area contributed by atoms with E-state index in [0.717, 1.165) is 83.8 Å². The number of aliphatic hydroxyl groups is 1. The maximum Gasteiger partial charge on any atom is 0.306 e. The van der Waals surface area contributed by atoms with Crippen LogP contribution >= 0.6 is 0 Å². The zero-order valence-corrected chi connectivity index (χ0v) is 34.1. The second kappa shape index (κ2) is 39.1. The number of esters is 2. The monoisotopic (exact) mass is 710 g/mol. The van der Waals surface area contributed by atoms with E-state index in [2.05, 4.69) is 25.7 Å². The normalized spacial score (nSPS) is 12.2. The van der Waals surface area contributed by atoms with E-state index in [9.17, 15) is 14.7 Å². The summed E-state index contributed by atoms with van der Waals surface area (Å²) in [5, 5.41) is 9.53. The van der Waals surface area contributed by atoms with E-state index in [1.54, 1.807) is 0 Å². The number of rotatable bonds is 40. The van der Waals surface area contributed by atoms with Crippen LogP contribution in [0.5, 0.6) is 0 Å². The summed E-state index contributed by atoms with van der Waals surface area (Å²) in [5.41, 5.74) is 0. The number of carbonyl (C=O) groups excluding carboxylic acids is 2. The molecule has 0 amide bonds. The summed E-state index contributed by atoms with van der Waals surface area (Å²) in [6.07, 6.45) is 36.9. The zero-order chi connectivity index (χ0) is 36.8. The van der Waals surface area contributed by atoms with Crippen LogP contribution in [0.1, 0.15) is 233 Å². The molecule has 0 bridgehead atoms. The minimum atomic E-state index is -0.0521. The van der Waals surface area contributed by atoms with Crippen LogP contribution in [-0.4, -0.2) is 60.4 Å². The Bertz CT molecular complexity index is 701. The molecule has 0 aliphatic rings. The summed E-state index contributed by atoms with van der Waals surface area (Å²) >= 11 is 0. The Morgan fingerprint density at radius 2 is 0.820 bits per heavy atom. The van der Waals surface area contributed by atoms with Crippen molar-refractivity contribution in [1.82, 2.24) is 4.90 Å². The van der Waals surface area contributed by atoms with E-state index in [1.807, 2.05) is 6.92 Å². The van der Waals surface area contributed by atoms with Crippen LogP contribution in [-0.2, 0) is 19.1 Å². The van der Waals surface area contributed by atoms with Gasteiger partial charge < -0.3 is 19.5 Å². The quantitative estimate of drug-likeness (QED) is 0.0504. The average Bonchev–Trinajstić information content (AvgIpc) is 3.10. The van der Waals surface area contributed by atoms with Gasteiger partial charge in [-0.05, 0) is 84.2 Å². The molecule has 1 unspecified atom stereocenters. The summed E-state index contributed by atoms with van der Waals surface area (Å²) in [7, 11) is 0. The van der Waals surface area contributed by atoms with Gasteiger partial charge in [-0.25, -0.2) is 0 Å². The molecular weight excluding hydrogens is 622 g/mol. The summed E-state index contributed by atoms with van der Waals surface area (Å²) in [4.78, 5) is 27.3. The van der Waals surface area contributed by atoms with Crippen molar-refractivity contribution in [3.05, 3.63) is 0 Å². The lowest BCUT2D eigenvalue weighted by Gasteiger charge is -2.21. The van der Waals surface area contributed by atoms with Gasteiger partial charge in [0, 0.05) is 19.4 Å². The minimum Gasteiger partial charge on any atom is -0.463 e. The molecule has 6 heteroatoms. The molecule has 0 heterocycles.